The predicted molar refractivity (Wildman–Crippen MR) is 79.9 cm³/mol. The van der Waals surface area contributed by atoms with Gasteiger partial charge in [-0.2, -0.15) is 5.26 Å². The van der Waals surface area contributed by atoms with Crippen LogP contribution in [0.5, 0.6) is 0 Å². The van der Waals surface area contributed by atoms with Gasteiger partial charge in [0.25, 0.3) is 5.95 Å². The number of ether oxygens (including phenoxy) is 2. The fourth-order valence-corrected chi connectivity index (χ4v) is 2.42. The molecule has 0 bridgehead atoms. The van der Waals surface area contributed by atoms with Gasteiger partial charge in [-0.25, -0.2) is 4.79 Å². The maximum absolute atomic E-state index is 12.2. The molecule has 0 saturated carbocycles. The van der Waals surface area contributed by atoms with Gasteiger partial charge in [0.1, 0.15) is 17.4 Å². The summed E-state index contributed by atoms with van der Waals surface area (Å²) in [5, 5.41) is 19.7. The molecule has 0 aliphatic carbocycles. The van der Waals surface area contributed by atoms with E-state index in [1.54, 1.807) is 38.1 Å². The highest BCUT2D eigenvalue weighted by Crippen LogP contribution is 2.40. The Balaban J connectivity index is 2.59. The van der Waals surface area contributed by atoms with Gasteiger partial charge in [-0.05, 0) is 31.5 Å². The zero-order chi connectivity index (χ0) is 16.3. The molecule has 1 N–H and O–H groups in total. The second-order valence-electron chi connectivity index (χ2n) is 4.61. The third-order valence-electron chi connectivity index (χ3n) is 3.26. The number of nitrogens with zero attached hydrogens (tertiary/aromatic N) is 1. The van der Waals surface area contributed by atoms with Gasteiger partial charge in [0.05, 0.1) is 18.1 Å². The number of hydrogen-bond donors (Lipinski definition) is 1. The van der Waals surface area contributed by atoms with Crippen LogP contribution in [0.2, 0.25) is 5.02 Å². The molecule has 0 aromatic heterocycles. The number of hydrogen-bond acceptors (Lipinski definition) is 5. The predicted octanol–water partition coefficient (Wildman–Crippen LogP) is 3.58. The van der Waals surface area contributed by atoms with E-state index in [9.17, 15) is 15.2 Å². The number of rotatable bonds is 3. The standard InChI is InChI=1S/C16H14ClNO4/c1-3-21-16(20)13-9(2)22-15(19)12(8-18)14(13)10-4-6-11(17)7-5-10/h4-7,14,19H,3H2,1-2H3. The van der Waals surface area contributed by atoms with Crippen LogP contribution in [0.1, 0.15) is 25.3 Å². The molecule has 6 heteroatoms. The van der Waals surface area contributed by atoms with E-state index in [4.69, 9.17) is 21.1 Å². The number of halogens is 1. The summed E-state index contributed by atoms with van der Waals surface area (Å²) in [7, 11) is 0. The Hall–Kier alpha value is -2.45. The van der Waals surface area contributed by atoms with Crippen molar-refractivity contribution in [2.24, 2.45) is 0 Å². The van der Waals surface area contributed by atoms with Gasteiger partial charge >= 0.3 is 5.97 Å². The van der Waals surface area contributed by atoms with Crippen molar-refractivity contribution in [3.8, 4) is 6.07 Å². The fourth-order valence-electron chi connectivity index (χ4n) is 2.30. The highest BCUT2D eigenvalue weighted by atomic mass is 35.5. The van der Waals surface area contributed by atoms with Crippen molar-refractivity contribution in [2.75, 3.05) is 6.61 Å². The number of aliphatic hydroxyl groups excluding tert-OH is 1. The lowest BCUT2D eigenvalue weighted by Crippen LogP contribution is -2.23. The molecule has 22 heavy (non-hydrogen) atoms. The van der Waals surface area contributed by atoms with E-state index in [2.05, 4.69) is 0 Å². The topological polar surface area (TPSA) is 79.6 Å². The smallest absolute Gasteiger partial charge is 0.338 e. The number of carbonyl (C=O) groups is 1. The van der Waals surface area contributed by atoms with Crippen LogP contribution in [0.3, 0.4) is 0 Å². The number of allylic oxidation sites excluding steroid dienone is 2. The van der Waals surface area contributed by atoms with Crippen LogP contribution >= 0.6 is 11.6 Å². The van der Waals surface area contributed by atoms with Crippen LogP contribution < -0.4 is 0 Å². The average Bonchev–Trinajstić information content (AvgIpc) is 2.47. The molecule has 1 aromatic carbocycles. The minimum absolute atomic E-state index is 0.0454. The number of esters is 1. The minimum Gasteiger partial charge on any atom is -0.480 e. The Kier molecular flexibility index (Phi) is 4.74. The van der Waals surface area contributed by atoms with Gasteiger partial charge in [0, 0.05) is 5.02 Å². The van der Waals surface area contributed by atoms with Crippen molar-refractivity contribution in [1.82, 2.24) is 0 Å². The molecule has 0 spiro atoms. The molecule has 114 valence electrons. The van der Waals surface area contributed by atoms with Crippen LogP contribution in [-0.2, 0) is 14.3 Å². The van der Waals surface area contributed by atoms with Gasteiger partial charge in [0.2, 0.25) is 0 Å². The fraction of sp³-hybridized carbons (Fsp3) is 0.250. The summed E-state index contributed by atoms with van der Waals surface area (Å²) in [4.78, 5) is 12.2. The van der Waals surface area contributed by atoms with Gasteiger partial charge in [-0.15, -0.1) is 0 Å². The quantitative estimate of drug-likeness (QED) is 0.861. The largest absolute Gasteiger partial charge is 0.480 e. The third kappa shape index (κ3) is 2.92. The van der Waals surface area contributed by atoms with E-state index in [0.29, 0.717) is 10.6 Å². The Morgan fingerprint density at radius 1 is 1.45 bits per heavy atom. The Morgan fingerprint density at radius 3 is 2.64 bits per heavy atom. The lowest BCUT2D eigenvalue weighted by atomic mass is 9.83. The highest BCUT2D eigenvalue weighted by molar-refractivity contribution is 6.30. The summed E-state index contributed by atoms with van der Waals surface area (Å²) in [5.74, 6) is -1.64. The summed E-state index contributed by atoms with van der Waals surface area (Å²) < 4.78 is 10.1. The van der Waals surface area contributed by atoms with Gasteiger partial charge in [0.15, 0.2) is 0 Å². The second-order valence-corrected chi connectivity index (χ2v) is 5.04. The van der Waals surface area contributed by atoms with E-state index in [-0.39, 0.29) is 23.5 Å². The van der Waals surface area contributed by atoms with E-state index in [1.807, 2.05) is 6.07 Å². The first-order chi connectivity index (χ1) is 10.5. The van der Waals surface area contributed by atoms with Crippen molar-refractivity contribution in [1.29, 1.82) is 5.26 Å². The molecule has 1 aliphatic heterocycles. The number of benzene rings is 1. The molecule has 0 amide bonds. The van der Waals surface area contributed by atoms with E-state index < -0.39 is 17.8 Å². The minimum atomic E-state index is -0.755. The maximum Gasteiger partial charge on any atom is 0.338 e. The molecular weight excluding hydrogens is 306 g/mol. The SMILES string of the molecule is CCOC(=O)C1=C(C)OC(O)=C(C#N)C1c1ccc(Cl)cc1. The molecule has 5 nitrogen and oxygen atoms in total. The summed E-state index contributed by atoms with van der Waals surface area (Å²) in [5.41, 5.74) is 0.785. The molecule has 0 saturated heterocycles. The van der Waals surface area contributed by atoms with Crippen LogP contribution in [0.15, 0.2) is 47.1 Å². The van der Waals surface area contributed by atoms with Crippen molar-refractivity contribution in [3.63, 3.8) is 0 Å². The first kappa shape index (κ1) is 15.9. The molecular formula is C16H14ClNO4. The average molecular weight is 320 g/mol. The monoisotopic (exact) mass is 319 g/mol. The van der Waals surface area contributed by atoms with Crippen LogP contribution in [0, 0.1) is 11.3 Å². The van der Waals surface area contributed by atoms with Crippen molar-refractivity contribution in [2.45, 2.75) is 19.8 Å². The van der Waals surface area contributed by atoms with Crippen LogP contribution in [0.25, 0.3) is 0 Å². The number of aliphatic hydroxyl groups is 1. The lowest BCUT2D eigenvalue weighted by molar-refractivity contribution is -0.139. The first-order valence-corrected chi connectivity index (χ1v) is 7.01. The second kappa shape index (κ2) is 6.54. The molecule has 1 atom stereocenters. The van der Waals surface area contributed by atoms with Crippen LogP contribution in [-0.4, -0.2) is 17.7 Å². The van der Waals surface area contributed by atoms with Crippen LogP contribution in [0.4, 0.5) is 0 Å². The summed E-state index contributed by atoms with van der Waals surface area (Å²) in [6, 6.07) is 8.57. The zero-order valence-electron chi connectivity index (χ0n) is 12.1. The molecule has 0 fully saturated rings. The molecule has 1 heterocycles. The lowest BCUT2D eigenvalue weighted by Gasteiger charge is -2.25. The first-order valence-electron chi connectivity index (χ1n) is 6.64. The molecule has 2 rings (SSSR count). The molecule has 1 unspecified atom stereocenters. The summed E-state index contributed by atoms with van der Waals surface area (Å²) in [6.45, 7) is 3.42. The summed E-state index contributed by atoms with van der Waals surface area (Å²) in [6.07, 6.45) is 0. The van der Waals surface area contributed by atoms with Crippen molar-refractivity contribution in [3.05, 3.63) is 57.7 Å². The van der Waals surface area contributed by atoms with E-state index >= 15 is 0 Å². The zero-order valence-corrected chi connectivity index (χ0v) is 12.8. The Labute approximate surface area is 133 Å². The van der Waals surface area contributed by atoms with Gasteiger partial charge in [-0.1, -0.05) is 23.7 Å². The van der Waals surface area contributed by atoms with Gasteiger partial charge < -0.3 is 14.6 Å². The van der Waals surface area contributed by atoms with Crippen molar-refractivity contribution >= 4 is 17.6 Å². The maximum atomic E-state index is 12.2. The third-order valence-corrected chi connectivity index (χ3v) is 3.51. The van der Waals surface area contributed by atoms with E-state index in [0.717, 1.165) is 0 Å². The Bertz CT molecular complexity index is 698. The number of nitriles is 1. The summed E-state index contributed by atoms with van der Waals surface area (Å²) >= 11 is 5.87. The molecule has 1 aromatic rings. The number of carbonyl (C=O) groups excluding carboxylic acids is 1. The molecule has 0 radical (unpaired) electrons. The van der Waals surface area contributed by atoms with Crippen molar-refractivity contribution < 1.29 is 19.4 Å². The molecule has 1 aliphatic rings. The van der Waals surface area contributed by atoms with Gasteiger partial charge in [-0.3, -0.25) is 0 Å². The highest BCUT2D eigenvalue weighted by Gasteiger charge is 2.37. The normalized spacial score (nSPS) is 17.8. The Morgan fingerprint density at radius 2 is 2.09 bits per heavy atom. The van der Waals surface area contributed by atoms with E-state index in [1.165, 1.54) is 0 Å².